The molecule has 0 saturated heterocycles. The molecule has 5 nitrogen and oxygen atoms in total. The predicted octanol–water partition coefficient (Wildman–Crippen LogP) is 3.06. The van der Waals surface area contributed by atoms with Gasteiger partial charge in [0.05, 0.1) is 0 Å². The van der Waals surface area contributed by atoms with E-state index in [1.165, 1.54) is 0 Å². The minimum absolute atomic E-state index is 0.234. The average molecular weight is 307 g/mol. The molecule has 5 heteroatoms. The first kappa shape index (κ1) is 13.9. The van der Waals surface area contributed by atoms with Crippen LogP contribution in [0.4, 0.5) is 5.82 Å². The van der Waals surface area contributed by atoms with Crippen molar-refractivity contribution in [1.29, 1.82) is 5.26 Å². The summed E-state index contributed by atoms with van der Waals surface area (Å²) in [4.78, 5) is 4.48. The number of rotatable bonds is 1. The summed E-state index contributed by atoms with van der Waals surface area (Å²) in [6.45, 7) is 2.46. The Labute approximate surface area is 134 Å². The van der Waals surface area contributed by atoms with E-state index in [4.69, 9.17) is 15.2 Å². The van der Waals surface area contributed by atoms with E-state index >= 15 is 0 Å². The first-order valence-corrected chi connectivity index (χ1v) is 7.78. The minimum Gasteiger partial charge on any atom is -0.454 e. The monoisotopic (exact) mass is 307 g/mol. The lowest BCUT2D eigenvalue weighted by atomic mass is 9.82. The van der Waals surface area contributed by atoms with Crippen LogP contribution in [0.3, 0.4) is 0 Å². The number of anilines is 1. The summed E-state index contributed by atoms with van der Waals surface area (Å²) in [7, 11) is 0. The molecule has 0 radical (unpaired) electrons. The van der Waals surface area contributed by atoms with Crippen molar-refractivity contribution in [3.63, 3.8) is 0 Å². The molecule has 23 heavy (non-hydrogen) atoms. The summed E-state index contributed by atoms with van der Waals surface area (Å²) in [6.07, 6.45) is 2.93. The molecule has 1 aliphatic heterocycles. The van der Waals surface area contributed by atoms with E-state index in [2.05, 4.69) is 18.0 Å². The van der Waals surface area contributed by atoms with E-state index in [0.717, 1.165) is 47.4 Å². The van der Waals surface area contributed by atoms with Gasteiger partial charge in [-0.05, 0) is 48.4 Å². The third-order valence-electron chi connectivity index (χ3n) is 4.61. The summed E-state index contributed by atoms with van der Waals surface area (Å²) in [5.74, 6) is 2.33. The van der Waals surface area contributed by atoms with Gasteiger partial charge in [-0.15, -0.1) is 0 Å². The summed E-state index contributed by atoms with van der Waals surface area (Å²) < 4.78 is 10.9. The summed E-state index contributed by atoms with van der Waals surface area (Å²) >= 11 is 0. The zero-order valence-electron chi connectivity index (χ0n) is 12.9. The van der Waals surface area contributed by atoms with Gasteiger partial charge in [0, 0.05) is 11.3 Å². The van der Waals surface area contributed by atoms with Crippen LogP contribution in [-0.4, -0.2) is 11.8 Å². The van der Waals surface area contributed by atoms with Crippen LogP contribution in [0.25, 0.3) is 11.1 Å². The molecule has 2 aliphatic rings. The van der Waals surface area contributed by atoms with Crippen molar-refractivity contribution in [2.45, 2.75) is 26.2 Å². The van der Waals surface area contributed by atoms with E-state index in [1.807, 2.05) is 18.2 Å². The van der Waals surface area contributed by atoms with Crippen LogP contribution < -0.4 is 15.2 Å². The number of nitrogen functional groups attached to an aromatic ring is 1. The number of nitrogens with zero attached hydrogens (tertiary/aromatic N) is 2. The molecule has 2 N–H and O–H groups in total. The fourth-order valence-electron chi connectivity index (χ4n) is 3.44. The van der Waals surface area contributed by atoms with Crippen molar-refractivity contribution < 1.29 is 9.47 Å². The summed E-state index contributed by atoms with van der Waals surface area (Å²) in [5, 5.41) is 9.60. The molecular weight excluding hydrogens is 290 g/mol. The fourth-order valence-corrected chi connectivity index (χ4v) is 3.44. The van der Waals surface area contributed by atoms with Gasteiger partial charge in [-0.2, -0.15) is 5.26 Å². The maximum absolute atomic E-state index is 9.60. The molecule has 1 aliphatic carbocycles. The predicted molar refractivity (Wildman–Crippen MR) is 86.1 cm³/mol. The number of aryl methyl sites for hydroxylation is 1. The second-order valence-corrected chi connectivity index (χ2v) is 6.20. The zero-order chi connectivity index (χ0) is 16.0. The van der Waals surface area contributed by atoms with Gasteiger partial charge in [0.1, 0.15) is 17.5 Å². The normalized spacial score (nSPS) is 18.3. The quantitative estimate of drug-likeness (QED) is 0.875. The molecular formula is C18H17N3O2. The van der Waals surface area contributed by atoms with Gasteiger partial charge < -0.3 is 15.2 Å². The van der Waals surface area contributed by atoms with Gasteiger partial charge in [-0.25, -0.2) is 4.98 Å². The summed E-state index contributed by atoms with van der Waals surface area (Å²) in [6, 6.07) is 8.01. The molecule has 1 aromatic carbocycles. The number of aromatic nitrogens is 1. The number of benzene rings is 1. The van der Waals surface area contributed by atoms with Crippen molar-refractivity contribution in [3.05, 3.63) is 35.0 Å². The van der Waals surface area contributed by atoms with Crippen molar-refractivity contribution in [3.8, 4) is 28.7 Å². The van der Waals surface area contributed by atoms with Crippen LogP contribution in [-0.2, 0) is 12.8 Å². The highest BCUT2D eigenvalue weighted by Crippen LogP contribution is 2.41. The van der Waals surface area contributed by atoms with Crippen LogP contribution >= 0.6 is 0 Å². The van der Waals surface area contributed by atoms with Gasteiger partial charge in [0.2, 0.25) is 6.79 Å². The van der Waals surface area contributed by atoms with Crippen molar-refractivity contribution in [2.24, 2.45) is 5.92 Å². The molecule has 1 aromatic heterocycles. The molecule has 0 saturated carbocycles. The second kappa shape index (κ2) is 5.17. The third-order valence-corrected chi connectivity index (χ3v) is 4.61. The first-order valence-electron chi connectivity index (χ1n) is 7.78. The Bertz CT molecular complexity index is 839. The first-order chi connectivity index (χ1) is 11.2. The molecule has 0 amide bonds. The third kappa shape index (κ3) is 2.18. The summed E-state index contributed by atoms with van der Waals surface area (Å²) in [5.41, 5.74) is 10.5. The number of fused-ring (bicyclic) bond motifs is 2. The van der Waals surface area contributed by atoms with E-state index < -0.39 is 0 Å². The molecule has 0 fully saturated rings. The fraction of sp³-hybridized carbons (Fsp3) is 0.333. The van der Waals surface area contributed by atoms with Crippen molar-refractivity contribution in [1.82, 2.24) is 4.98 Å². The number of hydrogen-bond acceptors (Lipinski definition) is 5. The van der Waals surface area contributed by atoms with Crippen molar-refractivity contribution in [2.75, 3.05) is 12.5 Å². The highest BCUT2D eigenvalue weighted by Gasteiger charge is 2.26. The Hall–Kier alpha value is -2.74. The topological polar surface area (TPSA) is 81.2 Å². The van der Waals surface area contributed by atoms with Crippen LogP contribution in [0.1, 0.15) is 30.2 Å². The van der Waals surface area contributed by atoms with Crippen LogP contribution in [0, 0.1) is 17.2 Å². The van der Waals surface area contributed by atoms with E-state index in [1.54, 1.807) is 0 Å². The molecule has 1 atom stereocenters. The Morgan fingerprint density at radius 2 is 2.13 bits per heavy atom. The molecule has 4 rings (SSSR count). The minimum atomic E-state index is 0.234. The molecule has 2 aromatic rings. The highest BCUT2D eigenvalue weighted by molar-refractivity contribution is 5.80. The Morgan fingerprint density at radius 3 is 2.96 bits per heavy atom. The average Bonchev–Trinajstić information content (AvgIpc) is 3.01. The lowest BCUT2D eigenvalue weighted by Crippen LogP contribution is -2.16. The smallest absolute Gasteiger partial charge is 0.231 e. The largest absolute Gasteiger partial charge is 0.454 e. The van der Waals surface area contributed by atoms with E-state index in [0.29, 0.717) is 23.0 Å². The van der Waals surface area contributed by atoms with Gasteiger partial charge in [-0.1, -0.05) is 13.0 Å². The molecule has 0 spiro atoms. The van der Waals surface area contributed by atoms with Crippen LogP contribution in [0.15, 0.2) is 18.2 Å². The number of nitrogens with two attached hydrogens (primary N) is 1. The maximum atomic E-state index is 9.60. The maximum Gasteiger partial charge on any atom is 0.231 e. The lowest BCUT2D eigenvalue weighted by molar-refractivity contribution is 0.174. The molecule has 2 heterocycles. The lowest BCUT2D eigenvalue weighted by Gasteiger charge is -2.25. The van der Waals surface area contributed by atoms with Gasteiger partial charge in [-0.3, -0.25) is 0 Å². The van der Waals surface area contributed by atoms with E-state index in [-0.39, 0.29) is 6.79 Å². The Morgan fingerprint density at radius 1 is 1.30 bits per heavy atom. The Kier molecular flexibility index (Phi) is 3.12. The second-order valence-electron chi connectivity index (χ2n) is 6.20. The number of pyridine rings is 1. The van der Waals surface area contributed by atoms with Crippen LogP contribution in [0.5, 0.6) is 11.5 Å². The molecule has 1 unspecified atom stereocenters. The van der Waals surface area contributed by atoms with Gasteiger partial charge in [0.25, 0.3) is 0 Å². The van der Waals surface area contributed by atoms with Crippen LogP contribution in [0.2, 0.25) is 0 Å². The van der Waals surface area contributed by atoms with Gasteiger partial charge in [0.15, 0.2) is 11.5 Å². The van der Waals surface area contributed by atoms with Gasteiger partial charge >= 0.3 is 0 Å². The van der Waals surface area contributed by atoms with E-state index in [9.17, 15) is 5.26 Å². The van der Waals surface area contributed by atoms with Crippen molar-refractivity contribution >= 4 is 5.82 Å². The molecule has 116 valence electrons. The zero-order valence-corrected chi connectivity index (χ0v) is 12.9. The SMILES string of the molecule is CC1CCc2nc(N)c(C#N)c(-c3ccc4c(c3)OCO4)c2C1. The highest BCUT2D eigenvalue weighted by atomic mass is 16.7. The standard InChI is InChI=1S/C18H17N3O2/c1-10-2-4-14-12(6-10)17(13(8-19)18(20)21-14)11-3-5-15-16(7-11)23-9-22-15/h3,5,7,10H,2,4,6,9H2,1H3,(H2,20,21). The number of hydrogen-bond donors (Lipinski definition) is 1. The molecule has 0 bridgehead atoms. The Balaban J connectivity index is 1.96. The number of nitriles is 1. The number of ether oxygens (including phenoxy) is 2.